The van der Waals surface area contributed by atoms with Crippen LogP contribution in [-0.4, -0.2) is 26.3 Å². The first kappa shape index (κ1) is 17.0. The minimum absolute atomic E-state index is 0.780. The van der Waals surface area contributed by atoms with E-state index in [1.807, 2.05) is 0 Å². The van der Waals surface area contributed by atoms with Crippen molar-refractivity contribution in [2.24, 2.45) is 0 Å². The van der Waals surface area contributed by atoms with Gasteiger partial charge in [-0.05, 0) is 32.2 Å². The summed E-state index contributed by atoms with van der Waals surface area (Å²) in [5.74, 6) is 0. The Kier molecular flexibility index (Phi) is 11.5. The normalized spacial score (nSPS) is 20.7. The van der Waals surface area contributed by atoms with Gasteiger partial charge in [-0.2, -0.15) is 0 Å². The van der Waals surface area contributed by atoms with Crippen LogP contribution < -0.4 is 5.32 Å². The van der Waals surface area contributed by atoms with Crippen molar-refractivity contribution in [1.82, 2.24) is 5.32 Å². The van der Waals surface area contributed by atoms with Gasteiger partial charge >= 0.3 is 0 Å². The van der Waals surface area contributed by atoms with Crippen LogP contribution in [0.1, 0.15) is 83.5 Å². The predicted molar refractivity (Wildman–Crippen MR) is 83.7 cm³/mol. The fraction of sp³-hybridized carbons (Fsp3) is 1.00. The Labute approximate surface area is 120 Å². The monoisotopic (exact) mass is 269 g/mol. The zero-order valence-electron chi connectivity index (χ0n) is 13.1. The Bertz CT molecular complexity index is 172. The molecule has 0 atom stereocenters. The van der Waals surface area contributed by atoms with Gasteiger partial charge in [0.2, 0.25) is 0 Å². The molecule has 1 fully saturated rings. The molecule has 0 amide bonds. The van der Waals surface area contributed by atoms with E-state index in [1.165, 1.54) is 90.0 Å². The van der Waals surface area contributed by atoms with Gasteiger partial charge in [-0.15, -0.1) is 0 Å². The number of hydrogen-bond acceptors (Lipinski definition) is 2. The standard InChI is InChI=1S/C17H35NO/c1-19-16-12-11-15-18-17-13-9-7-5-3-2-4-6-8-10-14-17/h17-18H,2-16H2,1H3. The zero-order chi connectivity index (χ0) is 13.6. The summed E-state index contributed by atoms with van der Waals surface area (Å²) in [6.07, 6.45) is 18.3. The van der Waals surface area contributed by atoms with Crippen LogP contribution in [0, 0.1) is 0 Å². The van der Waals surface area contributed by atoms with Gasteiger partial charge in [-0.25, -0.2) is 0 Å². The first-order chi connectivity index (χ1) is 9.43. The van der Waals surface area contributed by atoms with Crippen LogP contribution in [0.4, 0.5) is 0 Å². The lowest BCUT2D eigenvalue weighted by Crippen LogP contribution is -2.30. The average molecular weight is 269 g/mol. The summed E-state index contributed by atoms with van der Waals surface area (Å²) < 4.78 is 5.10. The zero-order valence-corrected chi connectivity index (χ0v) is 13.1. The topological polar surface area (TPSA) is 21.3 Å². The van der Waals surface area contributed by atoms with E-state index in [1.54, 1.807) is 7.11 Å². The quantitative estimate of drug-likeness (QED) is 0.707. The Hall–Kier alpha value is -0.0800. The molecule has 0 spiro atoms. The van der Waals surface area contributed by atoms with Crippen molar-refractivity contribution in [3.05, 3.63) is 0 Å². The van der Waals surface area contributed by atoms with E-state index in [0.29, 0.717) is 0 Å². The van der Waals surface area contributed by atoms with Crippen LogP contribution in [0.15, 0.2) is 0 Å². The highest BCUT2D eigenvalue weighted by atomic mass is 16.5. The fourth-order valence-corrected chi connectivity index (χ4v) is 3.04. The number of rotatable bonds is 6. The molecule has 0 heterocycles. The van der Waals surface area contributed by atoms with Crippen molar-refractivity contribution >= 4 is 0 Å². The molecule has 0 aromatic rings. The molecule has 1 saturated carbocycles. The average Bonchev–Trinajstić information content (AvgIpc) is 2.41. The lowest BCUT2D eigenvalue weighted by atomic mass is 9.98. The highest BCUT2D eigenvalue weighted by Crippen LogP contribution is 2.16. The van der Waals surface area contributed by atoms with Gasteiger partial charge < -0.3 is 10.1 Å². The molecule has 19 heavy (non-hydrogen) atoms. The number of hydrogen-bond donors (Lipinski definition) is 1. The Morgan fingerprint density at radius 2 is 1.32 bits per heavy atom. The molecular formula is C17H35NO. The molecule has 1 N–H and O–H groups in total. The third-order valence-electron chi connectivity index (χ3n) is 4.31. The lowest BCUT2D eigenvalue weighted by Gasteiger charge is -2.19. The molecule has 0 aliphatic heterocycles. The molecule has 2 nitrogen and oxygen atoms in total. The van der Waals surface area contributed by atoms with Crippen LogP contribution in [0.25, 0.3) is 0 Å². The number of ether oxygens (including phenoxy) is 1. The SMILES string of the molecule is COCCCCNC1CCCCCCCCCCC1. The van der Waals surface area contributed by atoms with Gasteiger partial charge in [0.25, 0.3) is 0 Å². The summed E-state index contributed by atoms with van der Waals surface area (Å²) in [5.41, 5.74) is 0. The van der Waals surface area contributed by atoms with Crippen LogP contribution in [0.5, 0.6) is 0 Å². The molecular weight excluding hydrogens is 234 g/mol. The second-order valence-corrected chi connectivity index (χ2v) is 6.11. The van der Waals surface area contributed by atoms with Gasteiger partial charge in [-0.3, -0.25) is 0 Å². The summed E-state index contributed by atoms with van der Waals surface area (Å²) in [5, 5.41) is 3.78. The Morgan fingerprint density at radius 3 is 1.84 bits per heavy atom. The summed E-state index contributed by atoms with van der Waals surface area (Å²) in [7, 11) is 1.79. The number of methoxy groups -OCH3 is 1. The summed E-state index contributed by atoms with van der Waals surface area (Å²) >= 11 is 0. The Morgan fingerprint density at radius 1 is 0.789 bits per heavy atom. The lowest BCUT2D eigenvalue weighted by molar-refractivity contribution is 0.192. The molecule has 0 aromatic heterocycles. The second-order valence-electron chi connectivity index (χ2n) is 6.11. The van der Waals surface area contributed by atoms with Crippen molar-refractivity contribution in [2.75, 3.05) is 20.3 Å². The van der Waals surface area contributed by atoms with Crippen molar-refractivity contribution in [2.45, 2.75) is 89.5 Å². The van der Waals surface area contributed by atoms with E-state index in [9.17, 15) is 0 Å². The molecule has 0 unspecified atom stereocenters. The third kappa shape index (κ3) is 10.4. The third-order valence-corrected chi connectivity index (χ3v) is 4.31. The maximum atomic E-state index is 5.10. The number of nitrogens with one attached hydrogen (secondary N) is 1. The van der Waals surface area contributed by atoms with Crippen molar-refractivity contribution < 1.29 is 4.74 Å². The Balaban J connectivity index is 2.11. The van der Waals surface area contributed by atoms with Crippen LogP contribution in [0.2, 0.25) is 0 Å². The van der Waals surface area contributed by atoms with E-state index < -0.39 is 0 Å². The van der Waals surface area contributed by atoms with E-state index in [-0.39, 0.29) is 0 Å². The molecule has 0 saturated heterocycles. The van der Waals surface area contributed by atoms with E-state index in [0.717, 1.165) is 12.6 Å². The summed E-state index contributed by atoms with van der Waals surface area (Å²) in [4.78, 5) is 0. The van der Waals surface area contributed by atoms with Gasteiger partial charge in [0.05, 0.1) is 0 Å². The molecule has 1 rings (SSSR count). The highest BCUT2D eigenvalue weighted by Gasteiger charge is 2.08. The molecule has 0 radical (unpaired) electrons. The molecule has 1 aliphatic carbocycles. The number of unbranched alkanes of at least 4 members (excludes halogenated alkanes) is 1. The van der Waals surface area contributed by atoms with Crippen molar-refractivity contribution in [1.29, 1.82) is 0 Å². The minimum Gasteiger partial charge on any atom is -0.385 e. The molecule has 0 aromatic carbocycles. The van der Waals surface area contributed by atoms with Crippen LogP contribution in [0.3, 0.4) is 0 Å². The summed E-state index contributed by atoms with van der Waals surface area (Å²) in [6, 6.07) is 0.780. The summed E-state index contributed by atoms with van der Waals surface area (Å²) in [6.45, 7) is 2.08. The van der Waals surface area contributed by atoms with Crippen molar-refractivity contribution in [3.63, 3.8) is 0 Å². The largest absolute Gasteiger partial charge is 0.385 e. The fourth-order valence-electron chi connectivity index (χ4n) is 3.04. The molecule has 114 valence electrons. The van der Waals surface area contributed by atoms with E-state index in [2.05, 4.69) is 5.32 Å². The van der Waals surface area contributed by atoms with Gasteiger partial charge in [0.15, 0.2) is 0 Å². The van der Waals surface area contributed by atoms with Gasteiger partial charge in [0, 0.05) is 19.8 Å². The maximum Gasteiger partial charge on any atom is 0.0462 e. The van der Waals surface area contributed by atoms with Gasteiger partial charge in [-0.1, -0.05) is 57.8 Å². The highest BCUT2D eigenvalue weighted by molar-refractivity contribution is 4.68. The molecule has 1 aliphatic rings. The minimum atomic E-state index is 0.780. The van der Waals surface area contributed by atoms with Crippen LogP contribution >= 0.6 is 0 Å². The van der Waals surface area contributed by atoms with E-state index >= 15 is 0 Å². The maximum absolute atomic E-state index is 5.10. The van der Waals surface area contributed by atoms with Gasteiger partial charge in [0.1, 0.15) is 0 Å². The first-order valence-electron chi connectivity index (χ1n) is 8.66. The van der Waals surface area contributed by atoms with Crippen molar-refractivity contribution in [3.8, 4) is 0 Å². The predicted octanol–water partition coefficient (Wildman–Crippen LogP) is 4.68. The first-order valence-corrected chi connectivity index (χ1v) is 8.66. The van der Waals surface area contributed by atoms with E-state index in [4.69, 9.17) is 4.74 Å². The second kappa shape index (κ2) is 12.9. The van der Waals surface area contributed by atoms with Crippen LogP contribution in [-0.2, 0) is 4.74 Å². The molecule has 2 heteroatoms. The smallest absolute Gasteiger partial charge is 0.0462 e. The molecule has 0 bridgehead atoms.